The average Bonchev–Trinajstić information content (AvgIpc) is 2.41. The molecule has 0 aromatic heterocycles. The van der Waals surface area contributed by atoms with E-state index in [0.29, 0.717) is 11.0 Å². The summed E-state index contributed by atoms with van der Waals surface area (Å²) in [5, 5.41) is 11.7. The first-order valence-corrected chi connectivity index (χ1v) is 7.21. The second-order valence-corrected chi connectivity index (χ2v) is 6.58. The molecule has 0 heterocycles. The van der Waals surface area contributed by atoms with Gasteiger partial charge in [0.25, 0.3) is 0 Å². The van der Waals surface area contributed by atoms with Gasteiger partial charge in [0.1, 0.15) is 5.82 Å². The van der Waals surface area contributed by atoms with Crippen molar-refractivity contribution in [1.29, 1.82) is 0 Å². The van der Waals surface area contributed by atoms with Gasteiger partial charge in [0.05, 0.1) is 6.61 Å². The predicted octanol–water partition coefficient (Wildman–Crippen LogP) is 2.65. The van der Waals surface area contributed by atoms with E-state index in [1.807, 2.05) is 0 Å². The number of nitrogens with one attached hydrogen (secondary N) is 1. The molecule has 0 unspecified atom stereocenters. The van der Waals surface area contributed by atoms with Gasteiger partial charge < -0.3 is 15.3 Å². The highest BCUT2D eigenvalue weighted by Crippen LogP contribution is 2.42. The van der Waals surface area contributed by atoms with Crippen LogP contribution in [0.4, 0.5) is 9.18 Å². The first-order valence-electron chi connectivity index (χ1n) is 7.21. The van der Waals surface area contributed by atoms with E-state index in [1.54, 1.807) is 18.0 Å². The number of carbonyl (C=O) groups is 1. The minimum atomic E-state index is -0.446. The van der Waals surface area contributed by atoms with E-state index in [-0.39, 0.29) is 30.8 Å². The molecule has 1 fully saturated rings. The smallest absolute Gasteiger partial charge is 0.317 e. The van der Waals surface area contributed by atoms with Gasteiger partial charge in [-0.1, -0.05) is 26.0 Å². The van der Waals surface area contributed by atoms with E-state index in [2.05, 4.69) is 19.2 Å². The molecule has 2 N–H and O–H groups in total. The second kappa shape index (κ2) is 6.02. The maximum absolute atomic E-state index is 13.5. The Hall–Kier alpha value is -1.62. The molecule has 21 heavy (non-hydrogen) atoms. The Morgan fingerprint density at radius 2 is 2.14 bits per heavy atom. The van der Waals surface area contributed by atoms with Gasteiger partial charge in [0, 0.05) is 25.2 Å². The summed E-state index contributed by atoms with van der Waals surface area (Å²) in [4.78, 5) is 13.8. The molecule has 2 amide bonds. The number of urea groups is 1. The maximum atomic E-state index is 13.5. The van der Waals surface area contributed by atoms with Crippen LogP contribution in [0, 0.1) is 11.2 Å². The van der Waals surface area contributed by atoms with Crippen molar-refractivity contribution in [2.45, 2.75) is 45.9 Å². The van der Waals surface area contributed by atoms with Crippen LogP contribution in [0.2, 0.25) is 0 Å². The number of carbonyl (C=O) groups excluding carboxylic acids is 1. The normalized spacial score (nSPS) is 17.2. The zero-order valence-electron chi connectivity index (χ0n) is 12.8. The van der Waals surface area contributed by atoms with E-state index in [4.69, 9.17) is 5.11 Å². The lowest BCUT2D eigenvalue weighted by molar-refractivity contribution is 0.0602. The Morgan fingerprint density at radius 1 is 1.48 bits per heavy atom. The number of amides is 2. The first kappa shape index (κ1) is 15.8. The molecule has 1 saturated carbocycles. The molecule has 1 aromatic carbocycles. The molecule has 1 aliphatic carbocycles. The average molecular weight is 294 g/mol. The first-order chi connectivity index (χ1) is 9.82. The zero-order chi connectivity index (χ0) is 15.6. The van der Waals surface area contributed by atoms with Crippen LogP contribution in [0.1, 0.15) is 37.8 Å². The molecule has 0 aliphatic heterocycles. The van der Waals surface area contributed by atoms with Crippen molar-refractivity contribution in [3.63, 3.8) is 0 Å². The van der Waals surface area contributed by atoms with Gasteiger partial charge in [-0.3, -0.25) is 0 Å². The van der Waals surface area contributed by atoms with Gasteiger partial charge in [0.2, 0.25) is 0 Å². The molecule has 2 rings (SSSR count). The summed E-state index contributed by atoms with van der Waals surface area (Å²) in [5.74, 6) is -0.446. The SMILES string of the molecule is CN(C(=O)NCc1ccc(CO)c(F)c1)C1CC(C)(C)C1. The van der Waals surface area contributed by atoms with Crippen LogP contribution in [0.5, 0.6) is 0 Å². The van der Waals surface area contributed by atoms with Gasteiger partial charge in [-0.25, -0.2) is 9.18 Å². The fourth-order valence-electron chi connectivity index (χ4n) is 2.79. The predicted molar refractivity (Wildman–Crippen MR) is 79.1 cm³/mol. The molecule has 0 bridgehead atoms. The van der Waals surface area contributed by atoms with Gasteiger partial charge in [0.15, 0.2) is 0 Å². The van der Waals surface area contributed by atoms with E-state index >= 15 is 0 Å². The Morgan fingerprint density at radius 3 is 2.67 bits per heavy atom. The second-order valence-electron chi connectivity index (χ2n) is 6.58. The standard InChI is InChI=1S/C16H23FN2O2/c1-16(2)7-13(8-16)19(3)15(21)18-9-11-4-5-12(10-20)14(17)6-11/h4-6,13,20H,7-10H2,1-3H3,(H,18,21). The molecule has 0 radical (unpaired) electrons. The lowest BCUT2D eigenvalue weighted by Crippen LogP contribution is -2.52. The lowest BCUT2D eigenvalue weighted by Gasteiger charge is -2.46. The largest absolute Gasteiger partial charge is 0.392 e. The number of hydrogen-bond donors (Lipinski definition) is 2. The molecule has 4 nitrogen and oxygen atoms in total. The molecule has 116 valence electrons. The van der Waals surface area contributed by atoms with Crippen molar-refractivity contribution in [2.24, 2.45) is 5.41 Å². The number of halogens is 1. The molecule has 5 heteroatoms. The number of rotatable bonds is 4. The van der Waals surface area contributed by atoms with Crippen LogP contribution in [0.15, 0.2) is 18.2 Å². The van der Waals surface area contributed by atoms with Crippen LogP contribution in [0.3, 0.4) is 0 Å². The highest BCUT2D eigenvalue weighted by Gasteiger charge is 2.39. The molecule has 1 aliphatic rings. The van der Waals surface area contributed by atoms with E-state index in [0.717, 1.165) is 12.8 Å². The van der Waals surface area contributed by atoms with Crippen molar-refractivity contribution in [2.75, 3.05) is 7.05 Å². The minimum Gasteiger partial charge on any atom is -0.392 e. The zero-order valence-corrected chi connectivity index (χ0v) is 12.8. The number of hydrogen-bond acceptors (Lipinski definition) is 2. The molecule has 1 aromatic rings. The quantitative estimate of drug-likeness (QED) is 0.897. The topological polar surface area (TPSA) is 52.6 Å². The Bertz CT molecular complexity index is 523. The van der Waals surface area contributed by atoms with Crippen molar-refractivity contribution < 1.29 is 14.3 Å². The van der Waals surface area contributed by atoms with Crippen molar-refractivity contribution in [3.05, 3.63) is 35.1 Å². The van der Waals surface area contributed by atoms with E-state index in [1.165, 1.54) is 12.1 Å². The summed E-state index contributed by atoms with van der Waals surface area (Å²) in [6, 6.07) is 4.74. The molecule has 0 saturated heterocycles. The van der Waals surface area contributed by atoms with Crippen LogP contribution in [-0.2, 0) is 13.2 Å². The van der Waals surface area contributed by atoms with Crippen molar-refractivity contribution in [3.8, 4) is 0 Å². The third-order valence-electron chi connectivity index (χ3n) is 4.18. The fraction of sp³-hybridized carbons (Fsp3) is 0.562. The Balaban J connectivity index is 1.85. The van der Waals surface area contributed by atoms with Crippen LogP contribution in [-0.4, -0.2) is 29.1 Å². The van der Waals surface area contributed by atoms with Gasteiger partial charge in [-0.15, -0.1) is 0 Å². The summed E-state index contributed by atoms with van der Waals surface area (Å²) in [6.45, 7) is 4.35. The fourth-order valence-corrected chi connectivity index (χ4v) is 2.79. The summed E-state index contributed by atoms with van der Waals surface area (Å²) < 4.78 is 13.5. The van der Waals surface area contributed by atoms with Crippen LogP contribution < -0.4 is 5.32 Å². The third kappa shape index (κ3) is 3.73. The third-order valence-corrected chi connectivity index (χ3v) is 4.18. The van der Waals surface area contributed by atoms with Gasteiger partial charge >= 0.3 is 6.03 Å². The monoisotopic (exact) mass is 294 g/mol. The summed E-state index contributed by atoms with van der Waals surface area (Å²) >= 11 is 0. The number of benzene rings is 1. The highest BCUT2D eigenvalue weighted by molar-refractivity contribution is 5.74. The number of aliphatic hydroxyl groups excluding tert-OH is 1. The van der Waals surface area contributed by atoms with Gasteiger partial charge in [-0.2, -0.15) is 0 Å². The lowest BCUT2D eigenvalue weighted by atomic mass is 9.68. The van der Waals surface area contributed by atoms with Crippen LogP contribution >= 0.6 is 0 Å². The van der Waals surface area contributed by atoms with Crippen molar-refractivity contribution in [1.82, 2.24) is 10.2 Å². The molecule has 0 spiro atoms. The summed E-state index contributed by atoms with van der Waals surface area (Å²) in [6.07, 6.45) is 2.02. The summed E-state index contributed by atoms with van der Waals surface area (Å²) in [5.41, 5.74) is 1.27. The maximum Gasteiger partial charge on any atom is 0.317 e. The van der Waals surface area contributed by atoms with Crippen LogP contribution in [0.25, 0.3) is 0 Å². The van der Waals surface area contributed by atoms with E-state index < -0.39 is 5.82 Å². The number of aliphatic hydroxyl groups is 1. The Kier molecular flexibility index (Phi) is 4.52. The Labute approximate surface area is 125 Å². The van der Waals surface area contributed by atoms with Gasteiger partial charge in [-0.05, 0) is 29.9 Å². The van der Waals surface area contributed by atoms with Crippen molar-refractivity contribution >= 4 is 6.03 Å². The molecule has 0 atom stereocenters. The molecular formula is C16H23FN2O2. The number of nitrogens with zero attached hydrogens (tertiary/aromatic N) is 1. The molecular weight excluding hydrogens is 271 g/mol. The highest BCUT2D eigenvalue weighted by atomic mass is 19.1. The van der Waals surface area contributed by atoms with E-state index in [9.17, 15) is 9.18 Å². The minimum absolute atomic E-state index is 0.137. The summed E-state index contributed by atoms with van der Waals surface area (Å²) in [7, 11) is 1.80.